The normalized spacial score (nSPS) is 11.4. The second-order valence-corrected chi connectivity index (χ2v) is 6.19. The van der Waals surface area contributed by atoms with Crippen molar-refractivity contribution in [2.45, 2.75) is 19.6 Å². The lowest BCUT2D eigenvalue weighted by Crippen LogP contribution is -2.22. The highest BCUT2D eigenvalue weighted by Crippen LogP contribution is 2.24. The Hall–Kier alpha value is -2.58. The first-order valence-corrected chi connectivity index (χ1v) is 8.41. The van der Waals surface area contributed by atoms with E-state index in [0.717, 1.165) is 11.5 Å². The highest BCUT2D eigenvalue weighted by molar-refractivity contribution is 9.10. The van der Waals surface area contributed by atoms with Crippen LogP contribution in [0.4, 0.5) is 0 Å². The van der Waals surface area contributed by atoms with Gasteiger partial charge in [-0.05, 0) is 52.3 Å². The van der Waals surface area contributed by atoms with Gasteiger partial charge in [-0.2, -0.15) is 0 Å². The maximum absolute atomic E-state index is 5.71. The molecule has 0 fully saturated rings. The highest BCUT2D eigenvalue weighted by atomic mass is 79.9. The Morgan fingerprint density at radius 2 is 1.56 bits per heavy atom. The quantitative estimate of drug-likeness (QED) is 0.449. The van der Waals surface area contributed by atoms with E-state index in [1.54, 1.807) is 24.7 Å². The summed E-state index contributed by atoms with van der Waals surface area (Å²) in [7, 11) is 0. The van der Waals surface area contributed by atoms with Crippen LogP contribution in [-0.2, 0) is 19.6 Å². The molecule has 0 spiro atoms. The zero-order chi connectivity index (χ0) is 17.1. The van der Waals surface area contributed by atoms with Crippen LogP contribution in [0.15, 0.2) is 71.3 Å². The monoisotopic (exact) mass is 403 g/mol. The second kappa shape index (κ2) is 7.12. The zero-order valence-electron chi connectivity index (χ0n) is 13.1. The molecule has 0 saturated carbocycles. The Kier molecular flexibility index (Phi) is 4.53. The summed E-state index contributed by atoms with van der Waals surface area (Å²) in [6.45, 7) is 1.64. The first kappa shape index (κ1) is 15.9. The zero-order valence-corrected chi connectivity index (χ0v) is 14.7. The van der Waals surface area contributed by atoms with Gasteiger partial charge in [0.05, 0.1) is 32.2 Å². The molecule has 0 bridgehead atoms. The molecule has 8 heteroatoms. The molecule has 0 radical (unpaired) electrons. The van der Waals surface area contributed by atoms with Crippen LogP contribution < -0.4 is 0 Å². The fourth-order valence-corrected chi connectivity index (χ4v) is 2.76. The number of aromatic nitrogens is 2. The maximum Gasteiger partial charge on any atom is 0.283 e. The summed E-state index contributed by atoms with van der Waals surface area (Å²) in [6.07, 6.45) is 3.31. The van der Waals surface area contributed by atoms with Gasteiger partial charge in [-0.25, -0.2) is 0 Å². The first-order valence-electron chi connectivity index (χ1n) is 7.61. The second-order valence-electron chi connectivity index (χ2n) is 5.41. The van der Waals surface area contributed by atoms with Crippen molar-refractivity contribution < 1.29 is 17.7 Å². The number of halogens is 1. The fraction of sp³-hybridized carbons (Fsp3) is 0.176. The minimum absolute atomic E-state index is 0.344. The van der Waals surface area contributed by atoms with Gasteiger partial charge in [0.1, 0.15) is 11.5 Å². The minimum atomic E-state index is 0.344. The van der Waals surface area contributed by atoms with E-state index in [2.05, 4.69) is 31.0 Å². The third kappa shape index (κ3) is 3.92. The van der Waals surface area contributed by atoms with Crippen LogP contribution in [0.3, 0.4) is 0 Å². The molecule has 4 heterocycles. The van der Waals surface area contributed by atoms with Crippen LogP contribution in [-0.4, -0.2) is 15.1 Å². The lowest BCUT2D eigenvalue weighted by Gasteiger charge is -2.17. The molecule has 0 atom stereocenters. The van der Waals surface area contributed by atoms with Crippen molar-refractivity contribution in [2.75, 3.05) is 0 Å². The molecule has 0 amide bonds. The predicted molar refractivity (Wildman–Crippen MR) is 90.1 cm³/mol. The predicted octanol–water partition coefficient (Wildman–Crippen LogP) is 4.48. The average Bonchev–Trinajstić information content (AvgIpc) is 3.34. The van der Waals surface area contributed by atoms with E-state index in [-0.39, 0.29) is 0 Å². The minimum Gasteiger partial charge on any atom is -0.468 e. The Morgan fingerprint density at radius 1 is 0.840 bits per heavy atom. The molecule has 4 rings (SSSR count). The summed E-state index contributed by atoms with van der Waals surface area (Å²) < 4.78 is 22.6. The topological polar surface area (TPSA) is 81.6 Å². The molecule has 0 aliphatic heterocycles. The van der Waals surface area contributed by atoms with Crippen molar-refractivity contribution in [3.8, 4) is 11.7 Å². The third-order valence-corrected chi connectivity index (χ3v) is 3.95. The summed E-state index contributed by atoms with van der Waals surface area (Å²) in [5.41, 5.74) is 0. The van der Waals surface area contributed by atoms with Gasteiger partial charge in [-0.1, -0.05) is 0 Å². The van der Waals surface area contributed by atoms with Gasteiger partial charge in [-0.3, -0.25) is 4.90 Å². The van der Waals surface area contributed by atoms with Crippen LogP contribution in [0.25, 0.3) is 11.7 Å². The van der Waals surface area contributed by atoms with Gasteiger partial charge >= 0.3 is 0 Å². The van der Waals surface area contributed by atoms with Crippen molar-refractivity contribution in [3.63, 3.8) is 0 Å². The average molecular weight is 404 g/mol. The fourth-order valence-electron chi connectivity index (χ4n) is 2.45. The van der Waals surface area contributed by atoms with Gasteiger partial charge in [0.2, 0.25) is 5.89 Å². The highest BCUT2D eigenvalue weighted by Gasteiger charge is 2.17. The number of rotatable bonds is 7. The van der Waals surface area contributed by atoms with Crippen molar-refractivity contribution in [1.82, 2.24) is 15.1 Å². The molecule has 4 aromatic rings. The van der Waals surface area contributed by atoms with Crippen molar-refractivity contribution in [3.05, 3.63) is 71.0 Å². The smallest absolute Gasteiger partial charge is 0.283 e. The van der Waals surface area contributed by atoms with E-state index in [1.807, 2.05) is 24.3 Å². The van der Waals surface area contributed by atoms with E-state index in [9.17, 15) is 0 Å². The standard InChI is InChI=1S/C17H14BrN3O4/c18-15-6-5-14(24-15)17-20-19-16(25-17)11-21(9-12-3-1-7-22-12)10-13-4-2-8-23-13/h1-8H,9-11H2. The summed E-state index contributed by atoms with van der Waals surface area (Å²) >= 11 is 3.26. The van der Waals surface area contributed by atoms with E-state index >= 15 is 0 Å². The van der Waals surface area contributed by atoms with Gasteiger partial charge in [-0.15, -0.1) is 10.2 Å². The third-order valence-electron chi connectivity index (χ3n) is 3.53. The van der Waals surface area contributed by atoms with E-state index in [0.29, 0.717) is 41.8 Å². The summed E-state index contributed by atoms with van der Waals surface area (Å²) in [6, 6.07) is 11.1. The van der Waals surface area contributed by atoms with Crippen LogP contribution in [0.2, 0.25) is 0 Å². The number of nitrogens with zero attached hydrogens (tertiary/aromatic N) is 3. The van der Waals surface area contributed by atoms with Crippen molar-refractivity contribution >= 4 is 15.9 Å². The molecule has 0 unspecified atom stereocenters. The molecular formula is C17H14BrN3O4. The Labute approximate surface area is 151 Å². The summed E-state index contributed by atoms with van der Waals surface area (Å²) in [4.78, 5) is 2.09. The van der Waals surface area contributed by atoms with Crippen LogP contribution >= 0.6 is 15.9 Å². The number of hydrogen-bond donors (Lipinski definition) is 0. The molecule has 0 aliphatic carbocycles. The van der Waals surface area contributed by atoms with Crippen molar-refractivity contribution in [2.24, 2.45) is 0 Å². The Morgan fingerprint density at radius 3 is 2.12 bits per heavy atom. The van der Waals surface area contributed by atoms with Crippen molar-refractivity contribution in [1.29, 1.82) is 0 Å². The lowest BCUT2D eigenvalue weighted by atomic mass is 10.3. The van der Waals surface area contributed by atoms with Gasteiger partial charge in [0.15, 0.2) is 10.4 Å². The molecule has 0 saturated heterocycles. The molecule has 25 heavy (non-hydrogen) atoms. The lowest BCUT2D eigenvalue weighted by molar-refractivity contribution is 0.191. The van der Waals surface area contributed by atoms with Gasteiger partial charge in [0, 0.05) is 0 Å². The molecule has 0 aromatic carbocycles. The molecule has 4 aromatic heterocycles. The van der Waals surface area contributed by atoms with E-state index in [4.69, 9.17) is 17.7 Å². The van der Waals surface area contributed by atoms with Gasteiger partial charge < -0.3 is 17.7 Å². The van der Waals surface area contributed by atoms with Crippen LogP contribution in [0, 0.1) is 0 Å². The van der Waals surface area contributed by atoms with Gasteiger partial charge in [0.25, 0.3) is 5.89 Å². The summed E-state index contributed by atoms with van der Waals surface area (Å²) in [5.74, 6) is 3.05. The maximum atomic E-state index is 5.71. The van der Waals surface area contributed by atoms with E-state index in [1.165, 1.54) is 0 Å². The largest absolute Gasteiger partial charge is 0.468 e. The number of hydrogen-bond acceptors (Lipinski definition) is 7. The van der Waals surface area contributed by atoms with E-state index < -0.39 is 0 Å². The molecule has 0 N–H and O–H groups in total. The molecular weight excluding hydrogens is 390 g/mol. The molecule has 128 valence electrons. The number of furan rings is 3. The van der Waals surface area contributed by atoms with Crippen LogP contribution in [0.1, 0.15) is 17.4 Å². The van der Waals surface area contributed by atoms with Crippen LogP contribution in [0.5, 0.6) is 0 Å². The Balaban J connectivity index is 1.50. The molecule has 0 aliphatic rings. The molecule has 7 nitrogen and oxygen atoms in total. The summed E-state index contributed by atoms with van der Waals surface area (Å²) in [5, 5.41) is 8.15. The SMILES string of the molecule is Brc1ccc(-c2nnc(CN(Cc3ccco3)Cc3ccco3)o2)o1. The first-order chi connectivity index (χ1) is 12.3. The Bertz CT molecular complexity index is 875.